The maximum atomic E-state index is 5.06. The van der Waals surface area contributed by atoms with Crippen LogP contribution >= 0.6 is 0 Å². The van der Waals surface area contributed by atoms with Crippen LogP contribution in [0.25, 0.3) is 61.5 Å². The summed E-state index contributed by atoms with van der Waals surface area (Å²) >= 11 is 0. The fourth-order valence-electron chi connectivity index (χ4n) is 8.25. The fourth-order valence-corrected chi connectivity index (χ4v) is 8.25. The molecule has 46 heavy (non-hydrogen) atoms. The van der Waals surface area contributed by atoms with E-state index in [4.69, 9.17) is 4.98 Å². The Morgan fingerprint density at radius 1 is 0.391 bits per heavy atom. The molecule has 0 atom stereocenters. The van der Waals surface area contributed by atoms with Crippen LogP contribution < -0.4 is 0 Å². The first-order valence-corrected chi connectivity index (χ1v) is 15.9. The van der Waals surface area contributed by atoms with Crippen molar-refractivity contribution in [3.05, 3.63) is 192 Å². The van der Waals surface area contributed by atoms with Crippen molar-refractivity contribution in [3.8, 4) is 50.5 Å². The molecule has 2 heteroatoms. The largest absolute Gasteiger partial charge is 0.292 e. The number of fused-ring (bicyclic) bond motifs is 11. The van der Waals surface area contributed by atoms with Crippen LogP contribution in [-0.2, 0) is 5.41 Å². The Morgan fingerprint density at radius 3 is 1.59 bits per heavy atom. The van der Waals surface area contributed by atoms with E-state index >= 15 is 0 Å². The molecule has 0 unspecified atom stereocenters. The van der Waals surface area contributed by atoms with Crippen LogP contribution in [-0.4, -0.2) is 9.55 Å². The Labute approximate surface area is 267 Å². The van der Waals surface area contributed by atoms with Gasteiger partial charge in [0.1, 0.15) is 5.82 Å². The summed E-state index contributed by atoms with van der Waals surface area (Å²) in [6.45, 7) is 0. The molecule has 1 heterocycles. The van der Waals surface area contributed by atoms with Gasteiger partial charge >= 0.3 is 0 Å². The summed E-state index contributed by atoms with van der Waals surface area (Å²) in [5.74, 6) is 0.948. The van der Waals surface area contributed by atoms with Gasteiger partial charge in [0, 0.05) is 11.3 Å². The highest BCUT2D eigenvalue weighted by atomic mass is 15.1. The molecule has 0 radical (unpaired) electrons. The molecule has 0 saturated carbocycles. The van der Waals surface area contributed by atoms with Crippen LogP contribution in [0.1, 0.15) is 22.3 Å². The monoisotopic (exact) mass is 584 g/mol. The van der Waals surface area contributed by atoms with Gasteiger partial charge in [-0.1, -0.05) is 146 Å². The molecule has 0 amide bonds. The standard InChI is InChI=1S/C44H28N2/c1-2-13-30(14-3-1)43-45-40-23-10-11-24-41(40)46(43)31-27-25-29(26-28-31)32-18-12-19-36-35-17-6-9-22-39(35)44(42(32)36)37-20-7-4-15-33(37)34-16-5-8-21-38(34)44/h1-28H. The summed E-state index contributed by atoms with van der Waals surface area (Å²) in [7, 11) is 0. The van der Waals surface area contributed by atoms with Gasteiger partial charge in [-0.15, -0.1) is 0 Å². The Hall–Kier alpha value is -5.99. The second-order valence-electron chi connectivity index (χ2n) is 12.3. The van der Waals surface area contributed by atoms with Crippen LogP contribution in [0, 0.1) is 0 Å². The van der Waals surface area contributed by atoms with Crippen LogP contribution in [0.5, 0.6) is 0 Å². The summed E-state index contributed by atoms with van der Waals surface area (Å²) in [6, 6.07) is 61.8. The van der Waals surface area contributed by atoms with Crippen molar-refractivity contribution in [1.29, 1.82) is 0 Å². The van der Waals surface area contributed by atoms with Crippen LogP contribution in [0.15, 0.2) is 170 Å². The number of hydrogen-bond donors (Lipinski definition) is 0. The Balaban J connectivity index is 1.21. The molecule has 0 saturated heterocycles. The zero-order chi connectivity index (χ0) is 30.2. The summed E-state index contributed by atoms with van der Waals surface area (Å²) in [4.78, 5) is 5.06. The van der Waals surface area contributed by atoms with Gasteiger partial charge in [-0.05, 0) is 79.9 Å². The Morgan fingerprint density at radius 2 is 0.913 bits per heavy atom. The van der Waals surface area contributed by atoms with Crippen molar-refractivity contribution >= 4 is 11.0 Å². The first-order chi connectivity index (χ1) is 22.8. The van der Waals surface area contributed by atoms with E-state index in [1.807, 2.05) is 0 Å². The van der Waals surface area contributed by atoms with Crippen LogP contribution in [0.3, 0.4) is 0 Å². The minimum absolute atomic E-state index is 0.380. The topological polar surface area (TPSA) is 17.8 Å². The van der Waals surface area contributed by atoms with Crippen molar-refractivity contribution in [2.75, 3.05) is 0 Å². The highest BCUT2D eigenvalue weighted by Gasteiger charge is 2.52. The van der Waals surface area contributed by atoms with Crippen molar-refractivity contribution in [3.63, 3.8) is 0 Å². The van der Waals surface area contributed by atoms with Crippen molar-refractivity contribution in [2.45, 2.75) is 5.41 Å². The smallest absolute Gasteiger partial charge is 0.145 e. The van der Waals surface area contributed by atoms with Gasteiger partial charge in [0.15, 0.2) is 0 Å². The molecule has 7 aromatic carbocycles. The number of aromatic nitrogens is 2. The van der Waals surface area contributed by atoms with Gasteiger partial charge in [-0.3, -0.25) is 4.57 Å². The van der Waals surface area contributed by atoms with Gasteiger partial charge in [0.25, 0.3) is 0 Å². The molecule has 1 aromatic heterocycles. The van der Waals surface area contributed by atoms with Crippen molar-refractivity contribution in [1.82, 2.24) is 9.55 Å². The third-order valence-electron chi connectivity index (χ3n) is 10.0. The number of benzene rings is 7. The maximum absolute atomic E-state index is 5.06. The number of nitrogens with zero attached hydrogens (tertiary/aromatic N) is 2. The highest BCUT2D eigenvalue weighted by molar-refractivity contribution is 5.98. The lowest BCUT2D eigenvalue weighted by atomic mass is 9.68. The van der Waals surface area contributed by atoms with E-state index in [0.29, 0.717) is 0 Å². The number of hydrogen-bond acceptors (Lipinski definition) is 1. The van der Waals surface area contributed by atoms with E-state index < -0.39 is 0 Å². The normalized spacial score (nSPS) is 13.4. The molecule has 0 N–H and O–H groups in total. The van der Waals surface area contributed by atoms with Gasteiger partial charge in [0.2, 0.25) is 0 Å². The molecule has 2 aliphatic carbocycles. The molecule has 8 aromatic rings. The van der Waals surface area contributed by atoms with Crippen LogP contribution in [0.2, 0.25) is 0 Å². The molecule has 2 aliphatic rings. The van der Waals surface area contributed by atoms with Crippen molar-refractivity contribution < 1.29 is 0 Å². The SMILES string of the molecule is c1ccc(-c2nc3ccccc3n2-c2ccc(-c3cccc4c3C3(c5ccccc5-c5ccccc53)c3ccccc3-4)cc2)cc1. The fraction of sp³-hybridized carbons (Fsp3) is 0.0227. The molecule has 0 fully saturated rings. The quantitative estimate of drug-likeness (QED) is 0.202. The van der Waals surface area contributed by atoms with Gasteiger partial charge in [-0.2, -0.15) is 0 Å². The van der Waals surface area contributed by atoms with E-state index in [9.17, 15) is 0 Å². The van der Waals surface area contributed by atoms with E-state index in [1.54, 1.807) is 0 Å². The van der Waals surface area contributed by atoms with E-state index in [1.165, 1.54) is 55.6 Å². The molecule has 2 nitrogen and oxygen atoms in total. The third-order valence-corrected chi connectivity index (χ3v) is 10.0. The maximum Gasteiger partial charge on any atom is 0.145 e. The highest BCUT2D eigenvalue weighted by Crippen LogP contribution is 2.64. The lowest BCUT2D eigenvalue weighted by Crippen LogP contribution is -2.26. The molecule has 1 spiro atoms. The zero-order valence-electron chi connectivity index (χ0n) is 25.1. The number of imidazole rings is 1. The average molecular weight is 585 g/mol. The molecule has 0 bridgehead atoms. The van der Waals surface area contributed by atoms with Gasteiger partial charge in [-0.25, -0.2) is 4.98 Å². The predicted octanol–water partition coefficient (Wildman–Crippen LogP) is 10.7. The van der Waals surface area contributed by atoms with Gasteiger partial charge < -0.3 is 0 Å². The first-order valence-electron chi connectivity index (χ1n) is 15.9. The number of rotatable bonds is 3. The predicted molar refractivity (Wildman–Crippen MR) is 188 cm³/mol. The molecule has 10 rings (SSSR count). The molecular formula is C44H28N2. The molecule has 214 valence electrons. The van der Waals surface area contributed by atoms with E-state index in [-0.39, 0.29) is 5.41 Å². The second kappa shape index (κ2) is 9.50. The summed E-state index contributed by atoms with van der Waals surface area (Å²) in [6.07, 6.45) is 0. The lowest BCUT2D eigenvalue weighted by Gasteiger charge is -2.32. The summed E-state index contributed by atoms with van der Waals surface area (Å²) in [5, 5.41) is 0. The zero-order valence-corrected chi connectivity index (χ0v) is 25.1. The van der Waals surface area contributed by atoms with Crippen LogP contribution in [0.4, 0.5) is 0 Å². The minimum atomic E-state index is -0.380. The molecular weight excluding hydrogens is 556 g/mol. The average Bonchev–Trinajstić information content (AvgIpc) is 3.77. The Bertz CT molecular complexity index is 2400. The molecule has 0 aliphatic heterocycles. The Kier molecular flexibility index (Phi) is 5.24. The van der Waals surface area contributed by atoms with E-state index in [2.05, 4.69) is 174 Å². The number of para-hydroxylation sites is 2. The minimum Gasteiger partial charge on any atom is -0.292 e. The van der Waals surface area contributed by atoms with Gasteiger partial charge in [0.05, 0.1) is 16.4 Å². The first kappa shape index (κ1) is 25.3. The lowest BCUT2D eigenvalue weighted by molar-refractivity contribution is 0.796. The third kappa shape index (κ3) is 3.28. The summed E-state index contributed by atoms with van der Waals surface area (Å²) in [5.41, 5.74) is 17.1. The van der Waals surface area contributed by atoms with E-state index in [0.717, 1.165) is 28.1 Å². The van der Waals surface area contributed by atoms with Crippen molar-refractivity contribution in [2.24, 2.45) is 0 Å². The second-order valence-corrected chi connectivity index (χ2v) is 12.3. The summed E-state index contributed by atoms with van der Waals surface area (Å²) < 4.78 is 2.28.